The third-order valence-corrected chi connectivity index (χ3v) is 4.61. The molecular weight excluding hydrogens is 324 g/mol. The maximum absolute atomic E-state index is 11.9. The van der Waals surface area contributed by atoms with Crippen LogP contribution < -0.4 is 11.1 Å². The number of ether oxygens (including phenoxy) is 1. The summed E-state index contributed by atoms with van der Waals surface area (Å²) in [5.41, 5.74) is 0.926. The average Bonchev–Trinajstić information content (AvgIpc) is 2.91. The van der Waals surface area contributed by atoms with Crippen LogP contribution in [-0.2, 0) is 20.9 Å². The van der Waals surface area contributed by atoms with E-state index >= 15 is 0 Å². The van der Waals surface area contributed by atoms with Gasteiger partial charge in [-0.3, -0.25) is 14.2 Å². The van der Waals surface area contributed by atoms with Crippen molar-refractivity contribution in [3.63, 3.8) is 0 Å². The van der Waals surface area contributed by atoms with E-state index in [1.165, 1.54) is 4.57 Å². The van der Waals surface area contributed by atoms with Gasteiger partial charge < -0.3 is 14.5 Å². The molecular formula is C18H22N2O5. The van der Waals surface area contributed by atoms with Crippen LogP contribution >= 0.6 is 0 Å². The lowest BCUT2D eigenvalue weighted by Gasteiger charge is -2.26. The molecule has 1 saturated carbocycles. The van der Waals surface area contributed by atoms with E-state index in [1.807, 2.05) is 0 Å². The topological polar surface area (TPSA) is 90.5 Å². The fraction of sp³-hybridized carbons (Fsp3) is 0.500. The number of hydrogen-bond acceptors (Lipinski definition) is 5. The fourth-order valence-corrected chi connectivity index (χ4v) is 3.16. The molecule has 0 unspecified atom stereocenters. The number of fused-ring (bicyclic) bond motifs is 1. The maximum atomic E-state index is 11.9. The normalized spacial score (nSPS) is 20.4. The van der Waals surface area contributed by atoms with Crippen LogP contribution in [0.1, 0.15) is 32.6 Å². The quantitative estimate of drug-likeness (QED) is 0.834. The van der Waals surface area contributed by atoms with Gasteiger partial charge in [0.15, 0.2) is 12.2 Å². The molecule has 0 bridgehead atoms. The number of esters is 1. The Morgan fingerprint density at radius 3 is 2.72 bits per heavy atom. The molecule has 7 nitrogen and oxygen atoms in total. The number of aromatic nitrogens is 1. The maximum Gasteiger partial charge on any atom is 0.420 e. The lowest BCUT2D eigenvalue weighted by Crippen LogP contribution is -2.40. The van der Waals surface area contributed by atoms with E-state index in [-0.39, 0.29) is 25.1 Å². The largest absolute Gasteiger partial charge is 0.454 e. The van der Waals surface area contributed by atoms with E-state index in [4.69, 9.17) is 9.15 Å². The summed E-state index contributed by atoms with van der Waals surface area (Å²) in [7, 11) is 0. The number of carbonyl (C=O) groups excluding carboxylic acids is 2. The Morgan fingerprint density at radius 2 is 1.96 bits per heavy atom. The summed E-state index contributed by atoms with van der Waals surface area (Å²) in [6.45, 7) is 1.58. The number of amides is 1. The van der Waals surface area contributed by atoms with Crippen molar-refractivity contribution in [2.45, 2.75) is 45.2 Å². The van der Waals surface area contributed by atoms with E-state index < -0.39 is 11.7 Å². The number of benzene rings is 1. The van der Waals surface area contributed by atoms with Crippen LogP contribution in [0.3, 0.4) is 0 Å². The van der Waals surface area contributed by atoms with Crippen molar-refractivity contribution >= 4 is 23.0 Å². The van der Waals surface area contributed by atoms with Crippen LogP contribution in [0.2, 0.25) is 0 Å². The van der Waals surface area contributed by atoms with Gasteiger partial charge in [0.2, 0.25) is 0 Å². The van der Waals surface area contributed by atoms with Crippen LogP contribution in [0, 0.1) is 5.92 Å². The molecule has 0 radical (unpaired) electrons. The molecule has 1 aromatic carbocycles. The molecule has 134 valence electrons. The van der Waals surface area contributed by atoms with Crippen molar-refractivity contribution in [2.75, 3.05) is 6.61 Å². The molecule has 0 saturated heterocycles. The zero-order valence-corrected chi connectivity index (χ0v) is 14.2. The minimum Gasteiger partial charge on any atom is -0.454 e. The highest BCUT2D eigenvalue weighted by atomic mass is 16.5. The number of oxazole rings is 1. The number of carbonyl (C=O) groups is 2. The number of nitrogens with zero attached hydrogens (tertiary/aromatic N) is 1. The highest BCUT2D eigenvalue weighted by molar-refractivity contribution is 5.81. The van der Waals surface area contributed by atoms with Crippen molar-refractivity contribution in [3.8, 4) is 0 Å². The minimum absolute atomic E-state index is 0.155. The molecule has 2 aromatic rings. The lowest BCUT2D eigenvalue weighted by atomic mass is 9.87. The first kappa shape index (κ1) is 17.3. The molecule has 7 heteroatoms. The third kappa shape index (κ3) is 4.29. The van der Waals surface area contributed by atoms with Crippen LogP contribution in [0.5, 0.6) is 0 Å². The molecule has 1 aromatic heterocycles. The summed E-state index contributed by atoms with van der Waals surface area (Å²) in [5, 5.41) is 2.89. The summed E-state index contributed by atoms with van der Waals surface area (Å²) >= 11 is 0. The van der Waals surface area contributed by atoms with E-state index in [0.29, 0.717) is 17.0 Å². The number of rotatable bonds is 5. The van der Waals surface area contributed by atoms with Gasteiger partial charge in [-0.2, -0.15) is 0 Å². The highest BCUT2D eigenvalue weighted by Gasteiger charge is 2.20. The zero-order valence-electron chi connectivity index (χ0n) is 14.2. The van der Waals surface area contributed by atoms with Gasteiger partial charge in [-0.1, -0.05) is 19.1 Å². The predicted octanol–water partition coefficient (Wildman–Crippen LogP) is 1.83. The molecule has 1 aliphatic rings. The van der Waals surface area contributed by atoms with E-state index in [2.05, 4.69) is 12.2 Å². The summed E-state index contributed by atoms with van der Waals surface area (Å²) in [4.78, 5) is 35.7. The second kappa shape index (κ2) is 7.55. The second-order valence-corrected chi connectivity index (χ2v) is 6.61. The lowest BCUT2D eigenvalue weighted by molar-refractivity contribution is -0.149. The van der Waals surface area contributed by atoms with Gasteiger partial charge in [0.1, 0.15) is 6.54 Å². The van der Waals surface area contributed by atoms with Crippen molar-refractivity contribution in [2.24, 2.45) is 5.92 Å². The summed E-state index contributed by atoms with van der Waals surface area (Å²) < 4.78 is 11.2. The predicted molar refractivity (Wildman–Crippen MR) is 91.0 cm³/mol. The van der Waals surface area contributed by atoms with Gasteiger partial charge in [0.25, 0.3) is 5.91 Å². The molecule has 3 rings (SSSR count). The Kier molecular flexibility index (Phi) is 5.21. The molecule has 0 atom stereocenters. The van der Waals surface area contributed by atoms with Crippen molar-refractivity contribution in [3.05, 3.63) is 34.8 Å². The number of nitrogens with one attached hydrogen (secondary N) is 1. The second-order valence-electron chi connectivity index (χ2n) is 6.61. The van der Waals surface area contributed by atoms with Crippen molar-refractivity contribution in [1.82, 2.24) is 9.88 Å². The first-order valence-electron chi connectivity index (χ1n) is 8.56. The molecule has 1 fully saturated rings. The Balaban J connectivity index is 1.50. The smallest absolute Gasteiger partial charge is 0.420 e. The molecule has 0 spiro atoms. The van der Waals surface area contributed by atoms with Crippen LogP contribution in [0.25, 0.3) is 11.1 Å². The molecule has 0 aliphatic heterocycles. The monoisotopic (exact) mass is 346 g/mol. The van der Waals surface area contributed by atoms with Crippen molar-refractivity contribution < 1.29 is 18.7 Å². The van der Waals surface area contributed by atoms with E-state index in [1.54, 1.807) is 24.3 Å². The molecule has 1 N–H and O–H groups in total. The minimum atomic E-state index is -0.652. The summed E-state index contributed by atoms with van der Waals surface area (Å²) in [6.07, 6.45) is 4.11. The Morgan fingerprint density at radius 1 is 1.24 bits per heavy atom. The molecule has 1 heterocycles. The van der Waals surface area contributed by atoms with Crippen molar-refractivity contribution in [1.29, 1.82) is 0 Å². The molecule has 1 aliphatic carbocycles. The van der Waals surface area contributed by atoms with Gasteiger partial charge in [-0.05, 0) is 43.7 Å². The standard InChI is InChI=1S/C18H22N2O5/c1-12-6-8-13(9-7-12)19-16(21)11-24-17(22)10-20-14-4-2-3-5-15(14)25-18(20)23/h2-5,12-13H,6-11H2,1H3,(H,19,21). The average molecular weight is 346 g/mol. The Labute approximate surface area is 144 Å². The molecule has 25 heavy (non-hydrogen) atoms. The zero-order chi connectivity index (χ0) is 17.8. The van der Waals surface area contributed by atoms with Gasteiger partial charge in [0, 0.05) is 6.04 Å². The highest BCUT2D eigenvalue weighted by Crippen LogP contribution is 2.23. The first-order chi connectivity index (χ1) is 12.0. The Hall–Kier alpha value is -2.57. The SMILES string of the molecule is CC1CCC(NC(=O)COC(=O)Cn2c(=O)oc3ccccc32)CC1. The van der Waals surface area contributed by atoms with Crippen LogP contribution in [0.15, 0.2) is 33.5 Å². The van der Waals surface area contributed by atoms with E-state index in [0.717, 1.165) is 25.7 Å². The Bertz CT molecular complexity index is 814. The summed E-state index contributed by atoms with van der Waals surface area (Å²) in [6, 6.07) is 6.98. The van der Waals surface area contributed by atoms with Gasteiger partial charge in [0.05, 0.1) is 5.52 Å². The number of hydrogen-bond donors (Lipinski definition) is 1. The fourth-order valence-electron chi connectivity index (χ4n) is 3.16. The summed E-state index contributed by atoms with van der Waals surface area (Å²) in [5.74, 6) is -0.883. The van der Waals surface area contributed by atoms with Crippen LogP contribution in [0.4, 0.5) is 0 Å². The first-order valence-corrected chi connectivity index (χ1v) is 8.56. The van der Waals surface area contributed by atoms with E-state index in [9.17, 15) is 14.4 Å². The third-order valence-electron chi connectivity index (χ3n) is 4.61. The molecule has 1 amide bonds. The van der Waals surface area contributed by atoms with Crippen LogP contribution in [-0.4, -0.2) is 29.1 Å². The van der Waals surface area contributed by atoms with Gasteiger partial charge in [-0.25, -0.2) is 4.79 Å². The van der Waals surface area contributed by atoms with Gasteiger partial charge >= 0.3 is 11.7 Å². The van der Waals surface area contributed by atoms with Gasteiger partial charge in [-0.15, -0.1) is 0 Å². The number of para-hydroxylation sites is 2.